The zero-order valence-electron chi connectivity index (χ0n) is 6.31. The van der Waals surface area contributed by atoms with Crippen molar-refractivity contribution in [2.45, 2.75) is 45.1 Å². The molecule has 1 aliphatic heterocycles. The Balaban J connectivity index is 2.10. The Morgan fingerprint density at radius 1 is 1.44 bits per heavy atom. The lowest BCUT2D eigenvalue weighted by Crippen LogP contribution is -2.06. The predicted octanol–water partition coefficient (Wildman–Crippen LogP) is 2.52. The van der Waals surface area contributed by atoms with Crippen LogP contribution in [0.4, 0.5) is 0 Å². The van der Waals surface area contributed by atoms with Crippen LogP contribution in [0.1, 0.15) is 39.5 Å². The van der Waals surface area contributed by atoms with Crippen molar-refractivity contribution in [2.75, 3.05) is 0 Å². The second-order valence-corrected chi connectivity index (χ2v) is 2.76. The van der Waals surface area contributed by atoms with Gasteiger partial charge in [-0.15, -0.1) is 0 Å². The van der Waals surface area contributed by atoms with Crippen LogP contribution in [0.5, 0.6) is 0 Å². The van der Waals surface area contributed by atoms with Gasteiger partial charge in [0.2, 0.25) is 0 Å². The van der Waals surface area contributed by atoms with E-state index in [9.17, 15) is 0 Å². The molecule has 0 aromatic rings. The van der Waals surface area contributed by atoms with Gasteiger partial charge in [0.15, 0.2) is 0 Å². The van der Waals surface area contributed by atoms with E-state index in [-0.39, 0.29) is 5.60 Å². The molecule has 0 aliphatic carbocycles. The molecule has 1 fully saturated rings. The van der Waals surface area contributed by atoms with Crippen molar-refractivity contribution in [2.24, 2.45) is 0 Å². The second-order valence-electron chi connectivity index (χ2n) is 2.76. The van der Waals surface area contributed by atoms with E-state index in [0.29, 0.717) is 0 Å². The average Bonchev–Trinajstić information content (AvgIpc) is 2.65. The zero-order chi connectivity index (χ0) is 6.74. The first kappa shape index (κ1) is 7.07. The van der Waals surface area contributed by atoms with Crippen LogP contribution in [-0.2, 0) is 4.74 Å². The van der Waals surface area contributed by atoms with Crippen LogP contribution in [-0.4, -0.2) is 5.60 Å². The fraction of sp³-hybridized carbons (Fsp3) is 0.875. The molecule has 0 amide bonds. The summed E-state index contributed by atoms with van der Waals surface area (Å²) in [6.07, 6.45) is 4.94. The number of epoxide rings is 1. The Bertz CT molecular complexity index is 84.6. The molecule has 0 aromatic heterocycles. The summed E-state index contributed by atoms with van der Waals surface area (Å²) < 4.78 is 5.22. The van der Waals surface area contributed by atoms with E-state index in [2.05, 4.69) is 13.8 Å². The largest absolute Gasteiger partial charge is 0.363 e. The third-order valence-corrected chi connectivity index (χ3v) is 2.00. The van der Waals surface area contributed by atoms with Gasteiger partial charge in [0.05, 0.1) is 5.60 Å². The Labute approximate surface area is 57.4 Å². The number of hydrogen-bond donors (Lipinski definition) is 0. The Kier molecular flexibility index (Phi) is 2.12. The molecular formula is C8H15O. The van der Waals surface area contributed by atoms with Crippen molar-refractivity contribution < 1.29 is 4.74 Å². The Morgan fingerprint density at radius 2 is 2.11 bits per heavy atom. The number of hydrogen-bond acceptors (Lipinski definition) is 1. The van der Waals surface area contributed by atoms with Crippen LogP contribution in [0.3, 0.4) is 0 Å². The summed E-state index contributed by atoms with van der Waals surface area (Å²) in [4.78, 5) is 0. The maximum Gasteiger partial charge on any atom is 0.116 e. The molecule has 0 spiro atoms. The van der Waals surface area contributed by atoms with Gasteiger partial charge >= 0.3 is 0 Å². The lowest BCUT2D eigenvalue weighted by atomic mass is 10.0. The van der Waals surface area contributed by atoms with Gasteiger partial charge in [-0.05, 0) is 12.8 Å². The monoisotopic (exact) mass is 127 g/mol. The molecule has 0 aromatic carbocycles. The van der Waals surface area contributed by atoms with Gasteiger partial charge in [0.25, 0.3) is 0 Å². The van der Waals surface area contributed by atoms with Crippen LogP contribution < -0.4 is 0 Å². The zero-order valence-corrected chi connectivity index (χ0v) is 6.31. The molecule has 1 heterocycles. The average molecular weight is 127 g/mol. The highest BCUT2D eigenvalue weighted by atomic mass is 16.6. The quantitative estimate of drug-likeness (QED) is 0.529. The van der Waals surface area contributed by atoms with E-state index in [1.165, 1.54) is 19.3 Å². The first-order chi connectivity index (χ1) is 4.33. The molecule has 1 saturated heterocycles. The number of rotatable bonds is 4. The summed E-state index contributed by atoms with van der Waals surface area (Å²) in [5, 5.41) is 0. The van der Waals surface area contributed by atoms with Gasteiger partial charge in [-0.2, -0.15) is 0 Å². The fourth-order valence-electron chi connectivity index (χ4n) is 1.02. The fourth-order valence-corrected chi connectivity index (χ4v) is 1.02. The first-order valence-corrected chi connectivity index (χ1v) is 3.85. The molecule has 1 nitrogen and oxygen atoms in total. The highest BCUT2D eigenvalue weighted by molar-refractivity contribution is 5.01. The van der Waals surface area contributed by atoms with E-state index >= 15 is 0 Å². The molecule has 1 heteroatoms. The van der Waals surface area contributed by atoms with Crippen LogP contribution >= 0.6 is 0 Å². The SMILES string of the molecule is CCCCC1(CC)[CH]O1. The second kappa shape index (κ2) is 2.70. The molecule has 1 aliphatic rings. The molecule has 0 N–H and O–H groups in total. The lowest BCUT2D eigenvalue weighted by molar-refractivity contribution is 0.279. The summed E-state index contributed by atoms with van der Waals surface area (Å²) in [5.41, 5.74) is 0.218. The Hall–Kier alpha value is -0.0400. The smallest absolute Gasteiger partial charge is 0.116 e. The highest BCUT2D eigenvalue weighted by Gasteiger charge is 2.42. The van der Waals surface area contributed by atoms with Crippen molar-refractivity contribution in [3.8, 4) is 0 Å². The number of ether oxygens (including phenoxy) is 1. The summed E-state index contributed by atoms with van der Waals surface area (Å²) in [7, 11) is 0. The predicted molar refractivity (Wildman–Crippen MR) is 37.9 cm³/mol. The molecule has 9 heavy (non-hydrogen) atoms. The molecular weight excluding hydrogens is 112 g/mol. The normalized spacial score (nSPS) is 32.7. The van der Waals surface area contributed by atoms with Crippen LogP contribution in [0.15, 0.2) is 0 Å². The van der Waals surface area contributed by atoms with Gasteiger partial charge in [-0.1, -0.05) is 26.7 Å². The van der Waals surface area contributed by atoms with E-state index in [1.807, 2.05) is 6.61 Å². The molecule has 1 rings (SSSR count). The highest BCUT2D eigenvalue weighted by Crippen LogP contribution is 2.40. The molecule has 53 valence electrons. The third kappa shape index (κ3) is 1.68. The van der Waals surface area contributed by atoms with Gasteiger partial charge in [0.1, 0.15) is 6.61 Å². The maximum absolute atomic E-state index is 5.22. The van der Waals surface area contributed by atoms with Crippen molar-refractivity contribution in [1.82, 2.24) is 0 Å². The van der Waals surface area contributed by atoms with E-state index in [4.69, 9.17) is 4.74 Å². The van der Waals surface area contributed by atoms with Crippen molar-refractivity contribution in [3.05, 3.63) is 6.61 Å². The summed E-state index contributed by atoms with van der Waals surface area (Å²) >= 11 is 0. The minimum Gasteiger partial charge on any atom is -0.363 e. The van der Waals surface area contributed by atoms with E-state index in [1.54, 1.807) is 0 Å². The lowest BCUT2D eigenvalue weighted by Gasteiger charge is -2.05. The van der Waals surface area contributed by atoms with Gasteiger partial charge in [-0.25, -0.2) is 0 Å². The third-order valence-electron chi connectivity index (χ3n) is 2.00. The molecule has 0 bridgehead atoms. The maximum atomic E-state index is 5.22. The van der Waals surface area contributed by atoms with Crippen molar-refractivity contribution in [1.29, 1.82) is 0 Å². The van der Waals surface area contributed by atoms with Crippen molar-refractivity contribution in [3.63, 3.8) is 0 Å². The molecule has 1 unspecified atom stereocenters. The van der Waals surface area contributed by atoms with Crippen molar-refractivity contribution >= 4 is 0 Å². The summed E-state index contributed by atoms with van der Waals surface area (Å²) in [6.45, 7) is 6.37. The van der Waals surface area contributed by atoms with Gasteiger partial charge in [0, 0.05) is 0 Å². The standard InChI is InChI=1S/C8H15O/c1-3-5-6-8(4-2)7-9-8/h7H,3-6H2,1-2H3. The first-order valence-electron chi connectivity index (χ1n) is 3.85. The minimum absolute atomic E-state index is 0.218. The minimum atomic E-state index is 0.218. The van der Waals surface area contributed by atoms with Crippen LogP contribution in [0, 0.1) is 6.61 Å². The molecule has 1 radical (unpaired) electrons. The summed E-state index contributed by atoms with van der Waals surface area (Å²) in [6, 6.07) is 0. The Morgan fingerprint density at radius 3 is 2.44 bits per heavy atom. The molecule has 1 atom stereocenters. The topological polar surface area (TPSA) is 12.5 Å². The van der Waals surface area contributed by atoms with Gasteiger partial charge in [-0.3, -0.25) is 0 Å². The van der Waals surface area contributed by atoms with Crippen LogP contribution in [0.25, 0.3) is 0 Å². The van der Waals surface area contributed by atoms with E-state index < -0.39 is 0 Å². The summed E-state index contributed by atoms with van der Waals surface area (Å²) in [5.74, 6) is 0. The van der Waals surface area contributed by atoms with Crippen LogP contribution in [0.2, 0.25) is 0 Å². The molecule has 0 saturated carbocycles. The van der Waals surface area contributed by atoms with Gasteiger partial charge < -0.3 is 4.74 Å². The van der Waals surface area contributed by atoms with E-state index in [0.717, 1.165) is 6.42 Å². The number of unbranched alkanes of at least 4 members (excludes halogenated alkanes) is 1.